The lowest BCUT2D eigenvalue weighted by atomic mass is 9.88. The fraction of sp³-hybridized carbons (Fsp3) is 0.435. The number of nitrogens with zero attached hydrogens (tertiary/aromatic N) is 1. The summed E-state index contributed by atoms with van der Waals surface area (Å²) in [6, 6.07) is 9.70. The van der Waals surface area contributed by atoms with Crippen LogP contribution in [-0.2, 0) is 27.7 Å². The molecule has 1 aliphatic carbocycles. The first-order valence-electron chi connectivity index (χ1n) is 10.5. The van der Waals surface area contributed by atoms with E-state index < -0.39 is 16.1 Å². The van der Waals surface area contributed by atoms with Crippen molar-refractivity contribution in [3.63, 3.8) is 0 Å². The first kappa shape index (κ1) is 23.9. The summed E-state index contributed by atoms with van der Waals surface area (Å²) >= 11 is 12.1. The molecule has 31 heavy (non-hydrogen) atoms. The highest BCUT2D eigenvalue weighted by Gasteiger charge is 2.31. The standard InChI is InChI=1S/C23H28Cl2N2O3S/c1-4-22(18-10-9-16-7-5-6-8-17(16)11-18)26-23(28)15(2)27(31(3,29)30)21-13-19(24)12-20(25)14-21/h9-15,22H,4-8H2,1-3H3,(H,26,28). The van der Waals surface area contributed by atoms with E-state index >= 15 is 0 Å². The Morgan fingerprint density at radius 1 is 1.06 bits per heavy atom. The van der Waals surface area contributed by atoms with Crippen molar-refractivity contribution in [2.24, 2.45) is 0 Å². The normalized spacial score (nSPS) is 15.6. The van der Waals surface area contributed by atoms with E-state index in [2.05, 4.69) is 23.5 Å². The van der Waals surface area contributed by atoms with E-state index in [0.717, 1.165) is 29.0 Å². The van der Waals surface area contributed by atoms with Crippen molar-refractivity contribution < 1.29 is 13.2 Å². The Hall–Kier alpha value is -1.76. The number of carbonyl (C=O) groups is 1. The predicted molar refractivity (Wildman–Crippen MR) is 128 cm³/mol. The smallest absolute Gasteiger partial charge is 0.244 e. The second-order valence-electron chi connectivity index (χ2n) is 8.07. The van der Waals surface area contributed by atoms with Crippen LogP contribution in [0.5, 0.6) is 0 Å². The molecule has 2 unspecified atom stereocenters. The highest BCUT2D eigenvalue weighted by molar-refractivity contribution is 7.92. The molecule has 0 aromatic heterocycles. The van der Waals surface area contributed by atoms with Crippen molar-refractivity contribution >= 4 is 44.8 Å². The van der Waals surface area contributed by atoms with Crippen molar-refractivity contribution in [1.29, 1.82) is 0 Å². The van der Waals surface area contributed by atoms with Crippen LogP contribution in [0.3, 0.4) is 0 Å². The van der Waals surface area contributed by atoms with E-state index in [1.54, 1.807) is 6.92 Å². The monoisotopic (exact) mass is 482 g/mol. The van der Waals surface area contributed by atoms with Gasteiger partial charge in [-0.2, -0.15) is 0 Å². The molecule has 0 heterocycles. The largest absolute Gasteiger partial charge is 0.347 e. The number of rotatable bonds is 7. The second kappa shape index (κ2) is 9.80. The average molecular weight is 483 g/mol. The number of hydrogen-bond acceptors (Lipinski definition) is 3. The maximum Gasteiger partial charge on any atom is 0.244 e. The van der Waals surface area contributed by atoms with Gasteiger partial charge in [-0.25, -0.2) is 8.42 Å². The molecule has 168 valence electrons. The highest BCUT2D eigenvalue weighted by Crippen LogP contribution is 2.30. The zero-order valence-corrected chi connectivity index (χ0v) is 20.3. The summed E-state index contributed by atoms with van der Waals surface area (Å²) in [5.41, 5.74) is 4.02. The van der Waals surface area contributed by atoms with Crippen LogP contribution < -0.4 is 9.62 Å². The summed E-state index contributed by atoms with van der Waals surface area (Å²) in [6.45, 7) is 3.56. The maximum atomic E-state index is 13.1. The summed E-state index contributed by atoms with van der Waals surface area (Å²) in [6.07, 6.45) is 6.31. The van der Waals surface area contributed by atoms with Crippen LogP contribution in [0.4, 0.5) is 5.69 Å². The van der Waals surface area contributed by atoms with Gasteiger partial charge in [-0.05, 0) is 73.9 Å². The zero-order chi connectivity index (χ0) is 22.8. The number of nitrogens with one attached hydrogen (secondary N) is 1. The van der Waals surface area contributed by atoms with Gasteiger partial charge in [-0.3, -0.25) is 9.10 Å². The Labute approximate surface area is 194 Å². The van der Waals surface area contributed by atoms with E-state index in [-0.39, 0.29) is 17.6 Å². The van der Waals surface area contributed by atoms with Gasteiger partial charge < -0.3 is 5.32 Å². The minimum atomic E-state index is -3.76. The summed E-state index contributed by atoms with van der Waals surface area (Å²) in [5.74, 6) is -0.383. The number of amides is 1. The zero-order valence-electron chi connectivity index (χ0n) is 18.0. The van der Waals surface area contributed by atoms with Crippen LogP contribution in [-0.4, -0.2) is 26.6 Å². The molecule has 1 N–H and O–H groups in total. The van der Waals surface area contributed by atoms with E-state index in [9.17, 15) is 13.2 Å². The summed E-state index contributed by atoms with van der Waals surface area (Å²) < 4.78 is 26.1. The molecule has 0 saturated heterocycles. The van der Waals surface area contributed by atoms with E-state index in [1.165, 1.54) is 42.2 Å². The number of sulfonamides is 1. The first-order valence-corrected chi connectivity index (χ1v) is 13.1. The molecule has 0 saturated carbocycles. The lowest BCUT2D eigenvalue weighted by Gasteiger charge is -2.30. The quantitative estimate of drug-likeness (QED) is 0.582. The molecule has 2 aromatic carbocycles. The Morgan fingerprint density at radius 3 is 2.26 bits per heavy atom. The topological polar surface area (TPSA) is 66.5 Å². The van der Waals surface area contributed by atoms with Gasteiger partial charge in [0.25, 0.3) is 0 Å². The van der Waals surface area contributed by atoms with E-state index in [4.69, 9.17) is 23.2 Å². The van der Waals surface area contributed by atoms with Gasteiger partial charge in [0.1, 0.15) is 6.04 Å². The number of fused-ring (bicyclic) bond motifs is 1. The summed E-state index contributed by atoms with van der Waals surface area (Å²) in [5, 5.41) is 3.62. The molecule has 1 aliphatic rings. The molecular weight excluding hydrogens is 455 g/mol. The van der Waals surface area contributed by atoms with Gasteiger partial charge in [0.05, 0.1) is 18.0 Å². The lowest BCUT2D eigenvalue weighted by Crippen LogP contribution is -2.48. The molecule has 0 radical (unpaired) electrons. The fourth-order valence-corrected chi connectivity index (χ4v) is 5.83. The number of aryl methyl sites for hydroxylation is 2. The Morgan fingerprint density at radius 2 is 1.68 bits per heavy atom. The second-order valence-corrected chi connectivity index (χ2v) is 10.8. The fourth-order valence-electron chi connectivity index (χ4n) is 4.16. The molecule has 3 rings (SSSR count). The third-order valence-corrected chi connectivity index (χ3v) is 7.37. The van der Waals surface area contributed by atoms with Crippen LogP contribution in [0, 0.1) is 0 Å². The molecular formula is C23H28Cl2N2O3S. The number of halogens is 2. The molecule has 0 aliphatic heterocycles. The number of benzene rings is 2. The van der Waals surface area contributed by atoms with E-state index in [1.807, 2.05) is 6.92 Å². The van der Waals surface area contributed by atoms with Gasteiger partial charge in [0, 0.05) is 10.0 Å². The molecule has 0 spiro atoms. The van der Waals surface area contributed by atoms with Gasteiger partial charge in [-0.1, -0.05) is 48.3 Å². The van der Waals surface area contributed by atoms with Crippen LogP contribution in [0.25, 0.3) is 0 Å². The van der Waals surface area contributed by atoms with Crippen molar-refractivity contribution in [3.05, 3.63) is 63.1 Å². The van der Waals surface area contributed by atoms with Crippen LogP contribution in [0.2, 0.25) is 10.0 Å². The van der Waals surface area contributed by atoms with E-state index in [0.29, 0.717) is 16.5 Å². The van der Waals surface area contributed by atoms with Crippen molar-refractivity contribution in [2.75, 3.05) is 10.6 Å². The minimum Gasteiger partial charge on any atom is -0.347 e. The van der Waals surface area contributed by atoms with Gasteiger partial charge in [-0.15, -0.1) is 0 Å². The molecule has 0 bridgehead atoms. The average Bonchev–Trinajstić information content (AvgIpc) is 2.69. The van der Waals surface area contributed by atoms with Gasteiger partial charge in [0.2, 0.25) is 15.9 Å². The number of anilines is 1. The Balaban J connectivity index is 1.85. The molecule has 5 nitrogen and oxygen atoms in total. The van der Waals surface area contributed by atoms with Crippen LogP contribution >= 0.6 is 23.2 Å². The first-order chi connectivity index (χ1) is 14.6. The Kier molecular flexibility index (Phi) is 7.55. The lowest BCUT2D eigenvalue weighted by molar-refractivity contribution is -0.122. The van der Waals surface area contributed by atoms with Crippen molar-refractivity contribution in [3.8, 4) is 0 Å². The number of hydrogen-bond donors (Lipinski definition) is 1. The molecule has 8 heteroatoms. The SMILES string of the molecule is CCC(NC(=O)C(C)N(c1cc(Cl)cc(Cl)c1)S(C)(=O)=O)c1ccc2c(c1)CCCC2. The molecule has 0 fully saturated rings. The maximum absolute atomic E-state index is 13.1. The molecule has 1 amide bonds. The summed E-state index contributed by atoms with van der Waals surface area (Å²) in [4.78, 5) is 13.1. The number of carbonyl (C=O) groups excluding carboxylic acids is 1. The van der Waals surface area contributed by atoms with Crippen LogP contribution in [0.1, 0.15) is 55.8 Å². The van der Waals surface area contributed by atoms with Crippen molar-refractivity contribution in [1.82, 2.24) is 5.32 Å². The predicted octanol–water partition coefficient (Wildman–Crippen LogP) is 5.29. The van der Waals surface area contributed by atoms with Crippen molar-refractivity contribution in [2.45, 2.75) is 58.0 Å². The minimum absolute atomic E-state index is 0.202. The highest BCUT2D eigenvalue weighted by atomic mass is 35.5. The molecule has 2 aromatic rings. The van der Waals surface area contributed by atoms with Gasteiger partial charge in [0.15, 0.2) is 0 Å². The summed E-state index contributed by atoms with van der Waals surface area (Å²) in [7, 11) is -3.76. The third-order valence-electron chi connectivity index (χ3n) is 5.69. The Bertz CT molecular complexity index is 1050. The molecule has 2 atom stereocenters. The van der Waals surface area contributed by atoms with Crippen LogP contribution in [0.15, 0.2) is 36.4 Å². The third kappa shape index (κ3) is 5.73. The van der Waals surface area contributed by atoms with Gasteiger partial charge >= 0.3 is 0 Å².